The molecule has 1 aromatic heterocycles. The van der Waals surface area contributed by atoms with Gasteiger partial charge in [-0.25, -0.2) is 4.39 Å². The van der Waals surface area contributed by atoms with Gasteiger partial charge in [0.1, 0.15) is 12.2 Å². The van der Waals surface area contributed by atoms with Gasteiger partial charge in [0.05, 0.1) is 11.5 Å². The average molecular weight is 477 g/mol. The van der Waals surface area contributed by atoms with Gasteiger partial charge in [0.25, 0.3) is 0 Å². The second-order valence-corrected chi connectivity index (χ2v) is 7.04. The number of carbonyl (C=O) groups excluding carboxylic acids is 1. The first-order valence-electron chi connectivity index (χ1n) is 9.81. The van der Waals surface area contributed by atoms with Crippen molar-refractivity contribution in [2.24, 2.45) is 0 Å². The minimum absolute atomic E-state index is 0. The number of halogens is 4. The summed E-state index contributed by atoms with van der Waals surface area (Å²) in [6.07, 6.45) is -2.99. The third kappa shape index (κ3) is 8.48. The van der Waals surface area contributed by atoms with Crippen molar-refractivity contribution in [3.63, 3.8) is 0 Å². The van der Waals surface area contributed by atoms with Gasteiger partial charge in [0, 0.05) is 13.0 Å². The largest absolute Gasteiger partial charge is 1.00 e. The Labute approximate surface area is 214 Å². The summed E-state index contributed by atoms with van der Waals surface area (Å²) in [5.74, 6) is -1.02. The average Bonchev–Trinajstić information content (AvgIpc) is 3.51. The summed E-state index contributed by atoms with van der Waals surface area (Å²) in [6, 6.07) is 3.67. The molecule has 0 aliphatic heterocycles. The van der Waals surface area contributed by atoms with Gasteiger partial charge in [-0.15, -0.1) is 23.7 Å². The van der Waals surface area contributed by atoms with Gasteiger partial charge in [-0.3, -0.25) is 16.1 Å². The standard InChI is InChI=1S/C20H21F4N3O.C2H3.CH4O.Na/c1-4-26(10-15-8-16(21)7-12(2)13(15)3)19(28)11-27-18(20(22,23)24)9-17(25-27)14-5-6-14;2*1-2;/h7-10,14H,1,4-6,11H2,2-3H3;1H,2H2;2H,1H3;/q-2;-1;;+1. The van der Waals surface area contributed by atoms with Crippen molar-refractivity contribution in [2.45, 2.75) is 45.3 Å². The molecule has 178 valence electrons. The van der Waals surface area contributed by atoms with Crippen LogP contribution >= 0.6 is 0 Å². The van der Waals surface area contributed by atoms with Crippen LogP contribution in [0.15, 0.2) is 24.8 Å². The molecule has 1 saturated carbocycles. The number of nitrogens with zero attached hydrogens (tertiary/aromatic N) is 3. The summed E-state index contributed by atoms with van der Waals surface area (Å²) in [4.78, 5) is 13.8. The molecular weight excluding hydrogens is 449 g/mol. The summed E-state index contributed by atoms with van der Waals surface area (Å²) in [5.41, 5.74) is 1.39. The molecule has 33 heavy (non-hydrogen) atoms. The molecule has 0 spiro atoms. The van der Waals surface area contributed by atoms with E-state index in [1.807, 2.05) is 0 Å². The van der Waals surface area contributed by atoms with E-state index >= 15 is 0 Å². The SMILES string of the molecule is CO.[CH-]=C.[CH2-]CN([CH-]c1cc(F)cc(C)c1C)C(=O)Cn1nc(C2CC2)cc1C(F)(F)F.[Na+]. The quantitative estimate of drug-likeness (QED) is 0.391. The predicted molar refractivity (Wildman–Crippen MR) is 114 cm³/mol. The van der Waals surface area contributed by atoms with E-state index in [1.165, 1.54) is 23.6 Å². The molecule has 0 atom stereocenters. The number of alkyl halides is 3. The molecule has 1 heterocycles. The monoisotopic (exact) mass is 477 g/mol. The van der Waals surface area contributed by atoms with E-state index in [-0.39, 0.29) is 42.0 Å². The molecule has 0 saturated heterocycles. The number of carbonyl (C=O) groups is 1. The van der Waals surface area contributed by atoms with E-state index in [1.54, 1.807) is 13.8 Å². The number of rotatable bonds is 6. The molecule has 2 aromatic rings. The second-order valence-electron chi connectivity index (χ2n) is 7.04. The molecule has 0 unspecified atom stereocenters. The zero-order chi connectivity index (χ0) is 24.6. The molecule has 3 rings (SSSR count). The Bertz CT molecular complexity index is 912. The Morgan fingerprint density at radius 2 is 1.88 bits per heavy atom. The van der Waals surface area contributed by atoms with Crippen molar-refractivity contribution >= 4 is 5.91 Å². The minimum Gasteiger partial charge on any atom is -0.521 e. The summed E-state index contributed by atoms with van der Waals surface area (Å²) in [5, 5.41) is 11.0. The van der Waals surface area contributed by atoms with E-state index < -0.39 is 30.1 Å². The topological polar surface area (TPSA) is 58.4 Å². The number of benzene rings is 1. The summed E-state index contributed by atoms with van der Waals surface area (Å²) in [7, 11) is 1.00. The fourth-order valence-corrected chi connectivity index (χ4v) is 2.99. The van der Waals surface area contributed by atoms with Gasteiger partial charge in [-0.1, -0.05) is 20.4 Å². The molecule has 1 aromatic carbocycles. The first-order valence-corrected chi connectivity index (χ1v) is 9.81. The van der Waals surface area contributed by atoms with Crippen LogP contribution in [0.2, 0.25) is 0 Å². The van der Waals surface area contributed by atoms with Crippen molar-refractivity contribution < 1.29 is 57.0 Å². The maximum absolute atomic E-state index is 13.7. The van der Waals surface area contributed by atoms with E-state index in [0.29, 0.717) is 21.5 Å². The third-order valence-corrected chi connectivity index (χ3v) is 4.90. The van der Waals surface area contributed by atoms with Crippen LogP contribution in [0.3, 0.4) is 0 Å². The van der Waals surface area contributed by atoms with Gasteiger partial charge in [0.15, 0.2) is 0 Å². The number of hydrogen-bond donors (Lipinski definition) is 1. The number of aliphatic hydroxyl groups excluding tert-OH is 1. The molecule has 0 bridgehead atoms. The predicted octanol–water partition coefficient (Wildman–Crippen LogP) is 1.63. The molecule has 5 nitrogen and oxygen atoms in total. The van der Waals surface area contributed by atoms with Crippen LogP contribution in [0, 0.1) is 39.7 Å². The fourth-order valence-electron chi connectivity index (χ4n) is 2.99. The molecular formula is C23H28F4N3NaO2-2. The van der Waals surface area contributed by atoms with Crippen LogP contribution in [-0.4, -0.2) is 39.3 Å². The summed E-state index contributed by atoms with van der Waals surface area (Å²) in [6.45, 7) is 15.0. The van der Waals surface area contributed by atoms with Crippen molar-refractivity contribution in [3.05, 3.63) is 78.7 Å². The number of aliphatic hydroxyl groups is 1. The number of hydrogen-bond acceptors (Lipinski definition) is 3. The normalized spacial score (nSPS) is 12.4. The summed E-state index contributed by atoms with van der Waals surface area (Å²) >= 11 is 0. The van der Waals surface area contributed by atoms with Gasteiger partial charge in [0.2, 0.25) is 5.91 Å². The molecule has 10 heteroatoms. The Morgan fingerprint density at radius 3 is 2.36 bits per heavy atom. The van der Waals surface area contributed by atoms with Gasteiger partial charge >= 0.3 is 35.7 Å². The summed E-state index contributed by atoms with van der Waals surface area (Å²) < 4.78 is 54.4. The van der Waals surface area contributed by atoms with Gasteiger partial charge in [-0.05, 0) is 25.0 Å². The Balaban J connectivity index is 0.00000194. The molecule has 1 fully saturated rings. The van der Waals surface area contributed by atoms with E-state index in [4.69, 9.17) is 5.11 Å². The van der Waals surface area contributed by atoms with Crippen LogP contribution < -0.4 is 29.6 Å². The third-order valence-electron chi connectivity index (χ3n) is 4.90. The van der Waals surface area contributed by atoms with Crippen LogP contribution in [-0.2, 0) is 17.5 Å². The number of amides is 1. The van der Waals surface area contributed by atoms with Crippen molar-refractivity contribution in [1.29, 1.82) is 0 Å². The number of aryl methyl sites for hydroxylation is 1. The van der Waals surface area contributed by atoms with Gasteiger partial charge < -0.3 is 23.5 Å². The zero-order valence-electron chi connectivity index (χ0n) is 19.4. The zero-order valence-corrected chi connectivity index (χ0v) is 21.4. The molecule has 1 N–H and O–H groups in total. The molecule has 0 radical (unpaired) electrons. The van der Waals surface area contributed by atoms with E-state index in [9.17, 15) is 22.4 Å². The van der Waals surface area contributed by atoms with Crippen molar-refractivity contribution in [3.8, 4) is 0 Å². The Kier molecular flexibility index (Phi) is 13.0. The molecule has 1 aliphatic carbocycles. The first-order chi connectivity index (χ1) is 15.1. The minimum atomic E-state index is -4.60. The first kappa shape index (κ1) is 31.2. The maximum atomic E-state index is 13.7. The molecule has 1 aliphatic rings. The Hall–Kier alpha value is -1.81. The van der Waals surface area contributed by atoms with Crippen LogP contribution in [0.5, 0.6) is 0 Å². The Morgan fingerprint density at radius 1 is 1.30 bits per heavy atom. The van der Waals surface area contributed by atoms with E-state index in [0.717, 1.165) is 31.6 Å². The second kappa shape index (κ2) is 13.8. The van der Waals surface area contributed by atoms with E-state index in [2.05, 4.69) is 25.2 Å². The van der Waals surface area contributed by atoms with Gasteiger partial charge in [-0.2, -0.15) is 23.8 Å². The maximum Gasteiger partial charge on any atom is 1.00 e. The van der Waals surface area contributed by atoms with Crippen LogP contribution in [0.4, 0.5) is 17.6 Å². The molecule has 1 amide bonds. The smallest absolute Gasteiger partial charge is 0.521 e. The van der Waals surface area contributed by atoms with Crippen molar-refractivity contribution in [1.82, 2.24) is 14.7 Å². The van der Waals surface area contributed by atoms with Crippen molar-refractivity contribution in [2.75, 3.05) is 13.7 Å². The van der Waals surface area contributed by atoms with Crippen LogP contribution in [0.25, 0.3) is 0 Å². The van der Waals surface area contributed by atoms with Crippen LogP contribution in [0.1, 0.15) is 46.8 Å². The number of aromatic nitrogens is 2. The fraction of sp³-hybridized carbons (Fsp3) is 0.391.